The predicted molar refractivity (Wildman–Crippen MR) is 59.6 cm³/mol. The van der Waals surface area contributed by atoms with Gasteiger partial charge < -0.3 is 14.4 Å². The Morgan fingerprint density at radius 1 is 1.33 bits per heavy atom. The zero-order valence-corrected chi connectivity index (χ0v) is 8.98. The molecule has 1 aliphatic rings. The zero-order chi connectivity index (χ0) is 10.7. The molecule has 0 spiro atoms. The van der Waals surface area contributed by atoms with Crippen LogP contribution in [0.4, 0.5) is 5.69 Å². The topological polar surface area (TPSA) is 21.7 Å². The Kier molecular flexibility index (Phi) is 3.23. The van der Waals surface area contributed by atoms with Gasteiger partial charge in [0, 0.05) is 12.2 Å². The fourth-order valence-electron chi connectivity index (χ4n) is 1.75. The van der Waals surface area contributed by atoms with Gasteiger partial charge in [-0.05, 0) is 25.5 Å². The first-order chi connectivity index (χ1) is 7.33. The summed E-state index contributed by atoms with van der Waals surface area (Å²) in [6.45, 7) is 8.27. The Balaban J connectivity index is 2.22. The van der Waals surface area contributed by atoms with Gasteiger partial charge in [-0.3, -0.25) is 0 Å². The molecule has 0 amide bonds. The van der Waals surface area contributed by atoms with Crippen LogP contribution in [0.1, 0.15) is 12.5 Å². The van der Waals surface area contributed by atoms with E-state index in [0.717, 1.165) is 17.8 Å². The monoisotopic (exact) mass is 206 g/mol. The van der Waals surface area contributed by atoms with Gasteiger partial charge >= 0.3 is 0 Å². The molecule has 2 rings (SSSR count). The van der Waals surface area contributed by atoms with Crippen LogP contribution in [0, 0.1) is 6.92 Å². The summed E-state index contributed by atoms with van der Waals surface area (Å²) >= 11 is 0. The van der Waals surface area contributed by atoms with Gasteiger partial charge in [-0.25, -0.2) is 0 Å². The lowest BCUT2D eigenvalue weighted by molar-refractivity contribution is -0.0419. The van der Waals surface area contributed by atoms with Crippen LogP contribution in [-0.2, 0) is 9.47 Å². The van der Waals surface area contributed by atoms with E-state index in [1.54, 1.807) is 0 Å². The van der Waals surface area contributed by atoms with Crippen molar-refractivity contribution in [2.75, 3.05) is 24.7 Å². The highest BCUT2D eigenvalue weighted by molar-refractivity contribution is 5.55. The summed E-state index contributed by atoms with van der Waals surface area (Å²) in [5.41, 5.74) is 2.07. The molecule has 1 heterocycles. The van der Waals surface area contributed by atoms with Crippen LogP contribution in [0.2, 0.25) is 0 Å². The van der Waals surface area contributed by atoms with Crippen LogP contribution in [0.5, 0.6) is 0 Å². The highest BCUT2D eigenvalue weighted by Crippen LogP contribution is 2.23. The van der Waals surface area contributed by atoms with Crippen LogP contribution in [0.15, 0.2) is 24.3 Å². The molecule has 0 aromatic heterocycles. The summed E-state index contributed by atoms with van der Waals surface area (Å²) < 4.78 is 11.0. The van der Waals surface area contributed by atoms with Gasteiger partial charge in [-0.15, -0.1) is 0 Å². The van der Waals surface area contributed by atoms with Crippen LogP contribution >= 0.6 is 0 Å². The minimum Gasteiger partial charge on any atom is -0.333 e. The fraction of sp³-hybridized carbons (Fsp3) is 0.417. The van der Waals surface area contributed by atoms with E-state index in [4.69, 9.17) is 9.47 Å². The number of anilines is 1. The Bertz CT molecular complexity index is 321. The van der Waals surface area contributed by atoms with Crippen molar-refractivity contribution in [1.29, 1.82) is 0 Å². The van der Waals surface area contributed by atoms with Gasteiger partial charge in [0.2, 0.25) is 6.41 Å². The smallest absolute Gasteiger partial charge is 0.240 e. The number of ether oxygens (including phenoxy) is 2. The molecule has 15 heavy (non-hydrogen) atoms. The first kappa shape index (κ1) is 10.5. The van der Waals surface area contributed by atoms with E-state index in [1.165, 1.54) is 0 Å². The van der Waals surface area contributed by atoms with Crippen molar-refractivity contribution in [2.24, 2.45) is 0 Å². The van der Waals surface area contributed by atoms with E-state index < -0.39 is 0 Å². The molecule has 0 unspecified atom stereocenters. The van der Waals surface area contributed by atoms with Crippen molar-refractivity contribution < 1.29 is 9.47 Å². The van der Waals surface area contributed by atoms with Gasteiger partial charge in [-0.1, -0.05) is 18.2 Å². The summed E-state index contributed by atoms with van der Waals surface area (Å²) in [4.78, 5) is 2.08. The third kappa shape index (κ3) is 2.13. The lowest BCUT2D eigenvalue weighted by atomic mass is 10.2. The van der Waals surface area contributed by atoms with Crippen LogP contribution < -0.4 is 4.90 Å². The Hall–Kier alpha value is -1.06. The van der Waals surface area contributed by atoms with Crippen LogP contribution in [0.25, 0.3) is 0 Å². The van der Waals surface area contributed by atoms with E-state index in [9.17, 15) is 0 Å². The Morgan fingerprint density at radius 2 is 2.00 bits per heavy atom. The quantitative estimate of drug-likeness (QED) is 0.755. The molecule has 1 radical (unpaired) electrons. The summed E-state index contributed by atoms with van der Waals surface area (Å²) in [6.07, 6.45) is -0.252. The summed E-state index contributed by atoms with van der Waals surface area (Å²) in [7, 11) is 0. The molecule has 0 bridgehead atoms. The van der Waals surface area contributed by atoms with Crippen molar-refractivity contribution in [3.63, 3.8) is 0 Å². The van der Waals surface area contributed by atoms with Gasteiger partial charge in [-0.2, -0.15) is 0 Å². The molecule has 3 heteroatoms. The maximum absolute atomic E-state index is 5.49. The first-order valence-corrected chi connectivity index (χ1v) is 5.23. The second-order valence-corrected chi connectivity index (χ2v) is 3.46. The number of para-hydroxylation sites is 1. The molecule has 0 saturated carbocycles. The average Bonchev–Trinajstić information content (AvgIpc) is 2.75. The van der Waals surface area contributed by atoms with Crippen molar-refractivity contribution in [1.82, 2.24) is 0 Å². The highest BCUT2D eigenvalue weighted by Gasteiger charge is 2.23. The number of nitrogens with zero attached hydrogens (tertiary/aromatic N) is 1. The maximum Gasteiger partial charge on any atom is 0.240 e. The molecule has 81 valence electrons. The minimum atomic E-state index is -0.252. The van der Waals surface area contributed by atoms with E-state index >= 15 is 0 Å². The molecule has 1 aromatic rings. The summed E-state index contributed by atoms with van der Waals surface area (Å²) in [5, 5.41) is 0. The average molecular weight is 206 g/mol. The number of rotatable bonds is 3. The maximum atomic E-state index is 5.49. The van der Waals surface area contributed by atoms with Gasteiger partial charge in [0.15, 0.2) is 0 Å². The molecular formula is C12H16NO2. The molecule has 3 nitrogen and oxygen atoms in total. The van der Waals surface area contributed by atoms with Crippen molar-refractivity contribution >= 4 is 5.69 Å². The standard InChI is InChI=1S/C12H16NO2/c1-3-13(12-14-8-9-15-12)11-7-5-4-6-10(11)2/h4-7,12H,2-3,8-9H2,1H3. The van der Waals surface area contributed by atoms with Gasteiger partial charge in [0.25, 0.3) is 0 Å². The lowest BCUT2D eigenvalue weighted by Crippen LogP contribution is -2.36. The third-order valence-corrected chi connectivity index (χ3v) is 2.50. The SMILES string of the molecule is [CH2]c1ccccc1N(CC)C1OCCO1. The molecule has 1 saturated heterocycles. The normalized spacial score (nSPS) is 16.9. The van der Waals surface area contributed by atoms with E-state index in [2.05, 4.69) is 18.7 Å². The summed E-state index contributed by atoms with van der Waals surface area (Å²) in [6, 6.07) is 8.02. The molecule has 0 aliphatic carbocycles. The van der Waals surface area contributed by atoms with Crippen molar-refractivity contribution in [2.45, 2.75) is 13.3 Å². The second kappa shape index (κ2) is 4.64. The first-order valence-electron chi connectivity index (χ1n) is 5.23. The highest BCUT2D eigenvalue weighted by atomic mass is 16.7. The molecule has 1 aromatic carbocycles. The van der Waals surface area contributed by atoms with E-state index in [-0.39, 0.29) is 6.41 Å². The number of hydrogen-bond donors (Lipinski definition) is 0. The number of hydrogen-bond acceptors (Lipinski definition) is 3. The molecule has 1 aliphatic heterocycles. The number of benzene rings is 1. The van der Waals surface area contributed by atoms with Crippen molar-refractivity contribution in [3.8, 4) is 0 Å². The molecule has 0 N–H and O–H groups in total. The Morgan fingerprint density at radius 3 is 2.60 bits per heavy atom. The van der Waals surface area contributed by atoms with Gasteiger partial charge in [0.1, 0.15) is 0 Å². The zero-order valence-electron chi connectivity index (χ0n) is 8.98. The second-order valence-electron chi connectivity index (χ2n) is 3.46. The van der Waals surface area contributed by atoms with Crippen molar-refractivity contribution in [3.05, 3.63) is 36.8 Å². The minimum absolute atomic E-state index is 0.252. The lowest BCUT2D eigenvalue weighted by Gasteiger charge is -2.29. The van der Waals surface area contributed by atoms with Crippen LogP contribution in [0.3, 0.4) is 0 Å². The van der Waals surface area contributed by atoms with E-state index in [0.29, 0.717) is 13.2 Å². The molecular weight excluding hydrogens is 190 g/mol. The molecule has 0 atom stereocenters. The van der Waals surface area contributed by atoms with Gasteiger partial charge in [0.05, 0.1) is 13.2 Å². The van der Waals surface area contributed by atoms with E-state index in [1.807, 2.05) is 24.3 Å². The van der Waals surface area contributed by atoms with Crippen LogP contribution in [-0.4, -0.2) is 26.2 Å². The summed E-state index contributed by atoms with van der Waals surface area (Å²) in [5.74, 6) is 0. The predicted octanol–water partition coefficient (Wildman–Crippen LogP) is 2.03. The third-order valence-electron chi connectivity index (χ3n) is 2.50. The Labute approximate surface area is 90.6 Å². The fourth-order valence-corrected chi connectivity index (χ4v) is 1.75. The largest absolute Gasteiger partial charge is 0.333 e. The molecule has 1 fully saturated rings.